The molecule has 126 valence electrons. The fourth-order valence-corrected chi connectivity index (χ4v) is 2.91. The molecular weight excluding hydrogens is 296 g/mol. The van der Waals surface area contributed by atoms with Crippen LogP contribution in [0.3, 0.4) is 0 Å². The van der Waals surface area contributed by atoms with Gasteiger partial charge in [-0.15, -0.1) is 0 Å². The van der Waals surface area contributed by atoms with Crippen molar-refractivity contribution in [3.63, 3.8) is 0 Å². The molecule has 1 atom stereocenters. The lowest BCUT2D eigenvalue weighted by atomic mass is 9.86. The summed E-state index contributed by atoms with van der Waals surface area (Å²) in [7, 11) is 1.62. The van der Waals surface area contributed by atoms with E-state index in [1.807, 2.05) is 30.3 Å². The average Bonchev–Trinajstić information content (AvgIpc) is 2.57. The van der Waals surface area contributed by atoms with E-state index in [4.69, 9.17) is 9.84 Å². The van der Waals surface area contributed by atoms with Crippen molar-refractivity contribution >= 4 is 12.0 Å². The van der Waals surface area contributed by atoms with Crippen LogP contribution in [0.25, 0.3) is 0 Å². The molecule has 2 amide bonds. The van der Waals surface area contributed by atoms with Gasteiger partial charge in [0.05, 0.1) is 12.0 Å². The van der Waals surface area contributed by atoms with E-state index < -0.39 is 5.97 Å². The molecule has 1 saturated carbocycles. The molecule has 6 heteroatoms. The van der Waals surface area contributed by atoms with Crippen LogP contribution in [0.15, 0.2) is 30.3 Å². The number of ether oxygens (including phenoxy) is 1. The van der Waals surface area contributed by atoms with Gasteiger partial charge in [0, 0.05) is 19.7 Å². The maximum atomic E-state index is 12.0. The molecule has 0 radical (unpaired) electrons. The zero-order valence-electron chi connectivity index (χ0n) is 13.3. The number of hydrogen-bond acceptors (Lipinski definition) is 3. The number of amides is 2. The first-order chi connectivity index (χ1) is 11.1. The molecular formula is C17H24N2O4. The summed E-state index contributed by atoms with van der Waals surface area (Å²) in [6, 6.07) is 9.53. The fourth-order valence-electron chi connectivity index (χ4n) is 2.91. The minimum absolute atomic E-state index is 0.0447. The van der Waals surface area contributed by atoms with Gasteiger partial charge in [-0.3, -0.25) is 4.79 Å². The first kappa shape index (κ1) is 17.3. The standard InChI is InChI=1S/C17H24N2O4/c1-23-15(12-5-3-2-4-6-12)11-18-17(22)19-14-9-7-13(8-10-14)16(20)21/h2-6,13-15H,7-11H2,1H3,(H,20,21)(H2,18,19,22). The normalized spacial score (nSPS) is 22.1. The Morgan fingerprint density at radius 3 is 2.43 bits per heavy atom. The topological polar surface area (TPSA) is 87.7 Å². The van der Waals surface area contributed by atoms with E-state index in [2.05, 4.69) is 10.6 Å². The van der Waals surface area contributed by atoms with Crippen LogP contribution in [-0.4, -0.2) is 36.8 Å². The smallest absolute Gasteiger partial charge is 0.315 e. The van der Waals surface area contributed by atoms with Crippen LogP contribution >= 0.6 is 0 Å². The molecule has 0 aliphatic heterocycles. The number of aliphatic carboxylic acids is 1. The maximum Gasteiger partial charge on any atom is 0.315 e. The molecule has 0 saturated heterocycles. The number of methoxy groups -OCH3 is 1. The summed E-state index contributed by atoms with van der Waals surface area (Å²) in [6.07, 6.45) is 2.45. The minimum atomic E-state index is -0.737. The van der Waals surface area contributed by atoms with Crippen LogP contribution < -0.4 is 10.6 Å². The highest BCUT2D eigenvalue weighted by Gasteiger charge is 2.26. The summed E-state index contributed by atoms with van der Waals surface area (Å²) < 4.78 is 5.41. The molecule has 0 aromatic heterocycles. The predicted octanol–water partition coefficient (Wildman–Crippen LogP) is 2.32. The first-order valence-corrected chi connectivity index (χ1v) is 7.95. The van der Waals surface area contributed by atoms with Crippen molar-refractivity contribution in [3.05, 3.63) is 35.9 Å². The molecule has 2 rings (SSSR count). The Morgan fingerprint density at radius 2 is 1.87 bits per heavy atom. The van der Waals surface area contributed by atoms with Gasteiger partial charge in [0.25, 0.3) is 0 Å². The van der Waals surface area contributed by atoms with E-state index >= 15 is 0 Å². The van der Waals surface area contributed by atoms with Gasteiger partial charge < -0.3 is 20.5 Å². The van der Waals surface area contributed by atoms with Crippen LogP contribution in [0.2, 0.25) is 0 Å². The minimum Gasteiger partial charge on any atom is -0.481 e. The first-order valence-electron chi connectivity index (χ1n) is 7.95. The molecule has 1 aromatic rings. The van der Waals surface area contributed by atoms with Crippen molar-refractivity contribution < 1.29 is 19.4 Å². The number of benzene rings is 1. The van der Waals surface area contributed by atoms with E-state index in [1.165, 1.54) is 0 Å². The lowest BCUT2D eigenvalue weighted by Gasteiger charge is -2.27. The van der Waals surface area contributed by atoms with Gasteiger partial charge in [0.1, 0.15) is 0 Å². The number of carbonyl (C=O) groups excluding carboxylic acids is 1. The van der Waals surface area contributed by atoms with E-state index in [9.17, 15) is 9.59 Å². The number of carboxylic acid groups (broad SMARTS) is 1. The second-order valence-corrected chi connectivity index (χ2v) is 5.88. The maximum absolute atomic E-state index is 12.0. The summed E-state index contributed by atoms with van der Waals surface area (Å²) in [4.78, 5) is 22.9. The second-order valence-electron chi connectivity index (χ2n) is 5.88. The third kappa shape index (κ3) is 5.25. The van der Waals surface area contributed by atoms with Crippen LogP contribution in [0.5, 0.6) is 0 Å². The van der Waals surface area contributed by atoms with Gasteiger partial charge in [-0.2, -0.15) is 0 Å². The number of nitrogens with one attached hydrogen (secondary N) is 2. The quantitative estimate of drug-likeness (QED) is 0.750. The van der Waals surface area contributed by atoms with E-state index in [-0.39, 0.29) is 24.1 Å². The van der Waals surface area contributed by atoms with Gasteiger partial charge >= 0.3 is 12.0 Å². The Bertz CT molecular complexity index is 513. The number of rotatable bonds is 6. The van der Waals surface area contributed by atoms with Crippen LogP contribution in [0.1, 0.15) is 37.4 Å². The van der Waals surface area contributed by atoms with E-state index in [1.54, 1.807) is 7.11 Å². The van der Waals surface area contributed by atoms with Crippen LogP contribution in [0.4, 0.5) is 4.79 Å². The number of hydrogen-bond donors (Lipinski definition) is 3. The highest BCUT2D eigenvalue weighted by atomic mass is 16.5. The molecule has 1 aromatic carbocycles. The molecule has 23 heavy (non-hydrogen) atoms. The Morgan fingerprint density at radius 1 is 1.22 bits per heavy atom. The highest BCUT2D eigenvalue weighted by molar-refractivity contribution is 5.74. The van der Waals surface area contributed by atoms with Gasteiger partial charge in [-0.05, 0) is 31.2 Å². The van der Waals surface area contributed by atoms with Crippen LogP contribution in [0, 0.1) is 5.92 Å². The molecule has 1 unspecified atom stereocenters. The zero-order valence-corrected chi connectivity index (χ0v) is 13.3. The molecule has 0 heterocycles. The van der Waals surface area contributed by atoms with Gasteiger partial charge in [-0.25, -0.2) is 4.79 Å². The van der Waals surface area contributed by atoms with E-state index in [0.29, 0.717) is 32.2 Å². The SMILES string of the molecule is COC(CNC(=O)NC1CCC(C(=O)O)CC1)c1ccccc1. The summed E-state index contributed by atoms with van der Waals surface area (Å²) in [5.41, 5.74) is 1.01. The molecule has 1 aliphatic carbocycles. The fraction of sp³-hybridized carbons (Fsp3) is 0.529. The van der Waals surface area contributed by atoms with Crippen molar-refractivity contribution in [2.75, 3.05) is 13.7 Å². The van der Waals surface area contributed by atoms with Crippen molar-refractivity contribution in [1.82, 2.24) is 10.6 Å². The Balaban J connectivity index is 1.74. The van der Waals surface area contributed by atoms with Crippen molar-refractivity contribution in [2.45, 2.75) is 37.8 Å². The summed E-state index contributed by atoms with van der Waals surface area (Å²) in [5, 5.41) is 14.7. The lowest BCUT2D eigenvalue weighted by Crippen LogP contribution is -2.45. The Hall–Kier alpha value is -2.08. The number of carboxylic acids is 1. The van der Waals surface area contributed by atoms with E-state index in [0.717, 1.165) is 5.56 Å². The molecule has 0 spiro atoms. The van der Waals surface area contributed by atoms with Gasteiger partial charge in [0.15, 0.2) is 0 Å². The predicted molar refractivity (Wildman–Crippen MR) is 86.1 cm³/mol. The van der Waals surface area contributed by atoms with Crippen molar-refractivity contribution in [3.8, 4) is 0 Å². The molecule has 3 N–H and O–H groups in total. The van der Waals surface area contributed by atoms with Gasteiger partial charge in [-0.1, -0.05) is 30.3 Å². The summed E-state index contributed by atoms with van der Waals surface area (Å²) in [5.74, 6) is -1.01. The summed E-state index contributed by atoms with van der Waals surface area (Å²) >= 11 is 0. The lowest BCUT2D eigenvalue weighted by molar-refractivity contribution is -0.142. The highest BCUT2D eigenvalue weighted by Crippen LogP contribution is 2.24. The Kier molecular flexibility index (Phi) is 6.40. The molecule has 6 nitrogen and oxygen atoms in total. The van der Waals surface area contributed by atoms with Crippen molar-refractivity contribution in [2.24, 2.45) is 5.92 Å². The number of carbonyl (C=O) groups is 2. The zero-order chi connectivity index (χ0) is 16.7. The third-order valence-electron chi connectivity index (χ3n) is 4.32. The molecule has 0 bridgehead atoms. The van der Waals surface area contributed by atoms with Crippen molar-refractivity contribution in [1.29, 1.82) is 0 Å². The molecule has 1 fully saturated rings. The summed E-state index contributed by atoms with van der Waals surface area (Å²) in [6.45, 7) is 0.386. The number of urea groups is 1. The monoisotopic (exact) mass is 320 g/mol. The van der Waals surface area contributed by atoms with Gasteiger partial charge in [0.2, 0.25) is 0 Å². The Labute approximate surface area is 136 Å². The molecule has 1 aliphatic rings. The third-order valence-corrected chi connectivity index (χ3v) is 4.32. The largest absolute Gasteiger partial charge is 0.481 e. The van der Waals surface area contributed by atoms with Crippen LogP contribution in [-0.2, 0) is 9.53 Å². The second kappa shape index (κ2) is 8.53. The average molecular weight is 320 g/mol.